The molecule has 8 heteroatoms. The van der Waals surface area contributed by atoms with Crippen LogP contribution in [-0.4, -0.2) is 39.6 Å². The van der Waals surface area contributed by atoms with Crippen molar-refractivity contribution in [2.24, 2.45) is 0 Å². The summed E-state index contributed by atoms with van der Waals surface area (Å²) in [5.41, 5.74) is 3.96. The number of carbonyl (C=O) groups is 3. The Morgan fingerprint density at radius 3 is 2.80 bits per heavy atom. The van der Waals surface area contributed by atoms with E-state index in [1.807, 2.05) is 60.7 Å². The molecule has 0 saturated carbocycles. The molecule has 6 rings (SSSR count). The van der Waals surface area contributed by atoms with Gasteiger partial charge in [-0.3, -0.25) is 14.5 Å². The Labute approximate surface area is 205 Å². The minimum atomic E-state index is -1.11. The second kappa shape index (κ2) is 8.32. The minimum absolute atomic E-state index is 0.0147. The van der Waals surface area contributed by atoms with Gasteiger partial charge in [0.25, 0.3) is 5.91 Å². The molecule has 0 spiro atoms. The number of ketones is 1. The average molecular weight is 485 g/mol. The second-order valence-electron chi connectivity index (χ2n) is 8.61. The number of aliphatic carboxylic acids is 1. The van der Waals surface area contributed by atoms with Gasteiger partial charge >= 0.3 is 5.97 Å². The summed E-state index contributed by atoms with van der Waals surface area (Å²) in [5.74, 6) is -0.140. The molecule has 174 valence electrons. The Balaban J connectivity index is 1.36. The highest BCUT2D eigenvalue weighted by Crippen LogP contribution is 2.45. The van der Waals surface area contributed by atoms with E-state index in [2.05, 4.69) is 4.90 Å². The number of hydrogen-bond acceptors (Lipinski definition) is 6. The number of nitrogens with zero attached hydrogens (tertiary/aromatic N) is 2. The van der Waals surface area contributed by atoms with Crippen molar-refractivity contribution in [1.29, 1.82) is 0 Å². The van der Waals surface area contributed by atoms with E-state index in [-0.39, 0.29) is 22.8 Å². The Hall–Kier alpha value is -4.04. The van der Waals surface area contributed by atoms with Crippen molar-refractivity contribution in [1.82, 2.24) is 4.90 Å². The Bertz CT molecular complexity index is 1410. The molecule has 0 aromatic heterocycles. The zero-order valence-electron chi connectivity index (χ0n) is 18.5. The normalized spacial score (nSPS) is 21.7. The summed E-state index contributed by atoms with van der Waals surface area (Å²) < 4.78 is 6.19. The molecule has 3 heterocycles. The number of Topliss-reactive ketones (excluding diaryl/α,β-unsaturated/α-hetero) is 1. The summed E-state index contributed by atoms with van der Waals surface area (Å²) in [7, 11) is 0. The van der Waals surface area contributed by atoms with Crippen LogP contribution in [0, 0.1) is 0 Å². The number of benzene rings is 2. The molecular weight excluding hydrogens is 464 g/mol. The van der Waals surface area contributed by atoms with Crippen LogP contribution in [0.3, 0.4) is 0 Å². The predicted molar refractivity (Wildman–Crippen MR) is 132 cm³/mol. The topological polar surface area (TPSA) is 87.1 Å². The van der Waals surface area contributed by atoms with Gasteiger partial charge in [-0.15, -0.1) is 11.8 Å². The van der Waals surface area contributed by atoms with Gasteiger partial charge in [0, 0.05) is 18.4 Å². The third kappa shape index (κ3) is 3.66. The second-order valence-corrected chi connectivity index (χ2v) is 9.57. The summed E-state index contributed by atoms with van der Waals surface area (Å²) in [6.45, 7) is 1.000. The van der Waals surface area contributed by atoms with Crippen molar-refractivity contribution in [2.75, 3.05) is 11.4 Å². The van der Waals surface area contributed by atoms with Gasteiger partial charge in [-0.05, 0) is 35.4 Å². The molecular formula is C27H20N2O5S. The summed E-state index contributed by atoms with van der Waals surface area (Å²) in [4.78, 5) is 40.2. The van der Waals surface area contributed by atoms with Gasteiger partial charge in [0.15, 0.2) is 11.5 Å². The molecule has 2 aromatic carbocycles. The first kappa shape index (κ1) is 21.5. The van der Waals surface area contributed by atoms with Crippen molar-refractivity contribution in [3.05, 3.63) is 99.8 Å². The van der Waals surface area contributed by atoms with Crippen LogP contribution in [0.5, 0.6) is 5.75 Å². The molecule has 1 N–H and O–H groups in total. The number of fused-ring (bicyclic) bond motifs is 2. The average Bonchev–Trinajstić information content (AvgIpc) is 3.19. The first-order valence-corrected chi connectivity index (χ1v) is 12.1. The molecule has 1 aliphatic carbocycles. The van der Waals surface area contributed by atoms with Crippen molar-refractivity contribution in [3.63, 3.8) is 0 Å². The molecule has 0 radical (unpaired) electrons. The highest BCUT2D eigenvalue weighted by atomic mass is 32.2. The molecule has 35 heavy (non-hydrogen) atoms. The zero-order valence-corrected chi connectivity index (χ0v) is 19.3. The van der Waals surface area contributed by atoms with Crippen molar-refractivity contribution in [3.8, 4) is 5.75 Å². The highest BCUT2D eigenvalue weighted by Gasteiger charge is 2.49. The van der Waals surface area contributed by atoms with Crippen LogP contribution >= 0.6 is 11.8 Å². The summed E-state index contributed by atoms with van der Waals surface area (Å²) in [5, 5.41) is 10.5. The molecule has 0 bridgehead atoms. The van der Waals surface area contributed by atoms with Crippen LogP contribution in [0.1, 0.15) is 17.5 Å². The third-order valence-electron chi connectivity index (χ3n) is 6.39. The highest BCUT2D eigenvalue weighted by molar-refractivity contribution is 8.03. The van der Waals surface area contributed by atoms with E-state index < -0.39 is 5.97 Å². The largest absolute Gasteiger partial charge is 0.477 e. The molecule has 3 aliphatic heterocycles. The maximum absolute atomic E-state index is 12.7. The minimum Gasteiger partial charge on any atom is -0.477 e. The fourth-order valence-corrected chi connectivity index (χ4v) is 5.76. The van der Waals surface area contributed by atoms with Gasteiger partial charge in [-0.1, -0.05) is 42.5 Å². The standard InChI is InChI=1S/C27H20N2O5S/c30-22-7-4-8-23-19(22)14-28(13-16-5-2-1-3-6-16)20-12-17(9-10-24(20)34-23)11-18-25(31)29-21(27(32)33)15-35-26(18)29/h1-6,8-12,15,26H,7,13-14H2,(H,32,33)/t26-/m1/s1. The molecule has 1 fully saturated rings. The monoisotopic (exact) mass is 484 g/mol. The number of rotatable bonds is 4. The van der Waals surface area contributed by atoms with Gasteiger partial charge < -0.3 is 14.7 Å². The van der Waals surface area contributed by atoms with Crippen LogP contribution in [-0.2, 0) is 20.9 Å². The number of carboxylic acids is 1. The Morgan fingerprint density at radius 1 is 1.17 bits per heavy atom. The number of allylic oxidation sites excluding steroid dienone is 2. The SMILES string of the molecule is O=C(O)C1=CS[C@@H]2C(=Cc3ccc4c(c3)N(Cc3ccccc3)CC3=C(C=CCC3=O)O4)C(=O)N12. The van der Waals surface area contributed by atoms with Crippen LogP contribution in [0.25, 0.3) is 6.08 Å². The van der Waals surface area contributed by atoms with E-state index in [0.29, 0.717) is 42.2 Å². The van der Waals surface area contributed by atoms with Crippen LogP contribution in [0.15, 0.2) is 88.7 Å². The Morgan fingerprint density at radius 2 is 2.00 bits per heavy atom. The smallest absolute Gasteiger partial charge is 0.353 e. The van der Waals surface area contributed by atoms with E-state index in [4.69, 9.17) is 4.74 Å². The number of ether oxygens (including phenoxy) is 1. The molecule has 1 amide bonds. The van der Waals surface area contributed by atoms with Crippen LogP contribution < -0.4 is 9.64 Å². The number of carbonyl (C=O) groups excluding carboxylic acids is 2. The fraction of sp³-hybridized carbons (Fsp3) is 0.148. The van der Waals surface area contributed by atoms with E-state index in [9.17, 15) is 19.5 Å². The summed E-state index contributed by atoms with van der Waals surface area (Å²) in [6, 6.07) is 15.7. The third-order valence-corrected chi connectivity index (χ3v) is 7.47. The quantitative estimate of drug-likeness (QED) is 0.517. The fourth-order valence-electron chi connectivity index (χ4n) is 4.64. The molecule has 7 nitrogen and oxygen atoms in total. The first-order valence-electron chi connectivity index (χ1n) is 11.2. The number of amides is 1. The number of β-lactam (4-membered cyclic amide) rings is 1. The molecule has 0 unspecified atom stereocenters. The van der Waals surface area contributed by atoms with Crippen LogP contribution in [0.4, 0.5) is 5.69 Å². The Kier molecular flexibility index (Phi) is 5.11. The maximum atomic E-state index is 12.7. The van der Waals surface area contributed by atoms with Gasteiger partial charge in [-0.2, -0.15) is 0 Å². The van der Waals surface area contributed by atoms with Crippen molar-refractivity contribution < 1.29 is 24.2 Å². The van der Waals surface area contributed by atoms with Gasteiger partial charge in [0.2, 0.25) is 0 Å². The van der Waals surface area contributed by atoms with Crippen molar-refractivity contribution >= 4 is 41.2 Å². The zero-order chi connectivity index (χ0) is 24.1. The lowest BCUT2D eigenvalue weighted by Gasteiger charge is -2.37. The van der Waals surface area contributed by atoms with Gasteiger partial charge in [0.1, 0.15) is 16.8 Å². The lowest BCUT2D eigenvalue weighted by Crippen LogP contribution is -2.51. The van der Waals surface area contributed by atoms with Gasteiger partial charge in [-0.25, -0.2) is 4.79 Å². The number of carboxylic acid groups (broad SMARTS) is 1. The lowest BCUT2D eigenvalue weighted by molar-refractivity contribution is -0.141. The van der Waals surface area contributed by atoms with E-state index >= 15 is 0 Å². The number of anilines is 1. The number of hydrogen-bond donors (Lipinski definition) is 1. The predicted octanol–water partition coefficient (Wildman–Crippen LogP) is 4.09. The first-order chi connectivity index (χ1) is 17.0. The molecule has 2 aromatic rings. The molecule has 4 aliphatic rings. The van der Waals surface area contributed by atoms with E-state index in [1.54, 1.807) is 6.08 Å². The summed E-state index contributed by atoms with van der Waals surface area (Å²) in [6.07, 6.45) is 5.84. The molecule has 1 atom stereocenters. The van der Waals surface area contributed by atoms with E-state index in [1.165, 1.54) is 22.1 Å². The molecule has 1 saturated heterocycles. The van der Waals surface area contributed by atoms with E-state index in [0.717, 1.165) is 16.8 Å². The van der Waals surface area contributed by atoms with Crippen molar-refractivity contribution in [2.45, 2.75) is 18.3 Å². The number of thioether (sulfide) groups is 1. The van der Waals surface area contributed by atoms with Gasteiger partial charge in [0.05, 0.1) is 23.4 Å². The lowest BCUT2D eigenvalue weighted by atomic mass is 10.0. The maximum Gasteiger partial charge on any atom is 0.353 e. The van der Waals surface area contributed by atoms with Crippen LogP contribution in [0.2, 0.25) is 0 Å². The summed E-state index contributed by atoms with van der Waals surface area (Å²) >= 11 is 1.31.